The van der Waals surface area contributed by atoms with Crippen molar-refractivity contribution < 1.29 is 0 Å². The van der Waals surface area contributed by atoms with Gasteiger partial charge in [-0.3, -0.25) is 0 Å². The molecule has 0 aliphatic rings. The van der Waals surface area contributed by atoms with E-state index in [4.69, 9.17) is 11.0 Å². The molecule has 4 nitrogen and oxygen atoms in total. The van der Waals surface area contributed by atoms with Crippen LogP contribution in [0.2, 0.25) is 0 Å². The second-order valence-corrected chi connectivity index (χ2v) is 4.05. The number of nitrogens with zero attached hydrogens (tertiary/aromatic N) is 2. The summed E-state index contributed by atoms with van der Waals surface area (Å²) in [6, 6.07) is 15.0. The van der Waals surface area contributed by atoms with E-state index in [1.807, 2.05) is 30.3 Å². The van der Waals surface area contributed by atoms with Crippen molar-refractivity contribution >= 4 is 16.7 Å². The van der Waals surface area contributed by atoms with Crippen molar-refractivity contribution in [2.45, 2.75) is 0 Å². The van der Waals surface area contributed by atoms with E-state index in [1.54, 1.807) is 12.1 Å². The molecule has 86 valence electrons. The van der Waals surface area contributed by atoms with Crippen molar-refractivity contribution in [2.24, 2.45) is 0 Å². The maximum atomic E-state index is 8.86. The number of hydrogen-bond acceptors (Lipinski definition) is 3. The third kappa shape index (κ3) is 1.68. The third-order valence-electron chi connectivity index (χ3n) is 2.77. The molecule has 0 fully saturated rings. The molecule has 0 saturated carbocycles. The van der Waals surface area contributed by atoms with Gasteiger partial charge in [0.15, 0.2) is 0 Å². The van der Waals surface area contributed by atoms with Crippen LogP contribution in [0, 0.1) is 11.3 Å². The van der Waals surface area contributed by atoms with E-state index < -0.39 is 0 Å². The number of fused-ring (bicyclic) bond motifs is 1. The number of rotatable bonds is 1. The van der Waals surface area contributed by atoms with Gasteiger partial charge in [0.05, 0.1) is 22.7 Å². The fraction of sp³-hybridized carbons (Fsp3) is 0. The highest BCUT2D eigenvalue weighted by molar-refractivity contribution is 5.81. The lowest BCUT2D eigenvalue weighted by Crippen LogP contribution is -1.86. The maximum absolute atomic E-state index is 8.86. The fourth-order valence-corrected chi connectivity index (χ4v) is 1.90. The van der Waals surface area contributed by atoms with Crippen LogP contribution in [0.5, 0.6) is 0 Å². The molecule has 0 amide bonds. The van der Waals surface area contributed by atoms with Crippen molar-refractivity contribution in [1.29, 1.82) is 5.26 Å². The average molecular weight is 234 g/mol. The molecule has 3 N–H and O–H groups in total. The van der Waals surface area contributed by atoms with Gasteiger partial charge in [-0.05, 0) is 30.3 Å². The minimum Gasteiger partial charge on any atom is -0.399 e. The van der Waals surface area contributed by atoms with Gasteiger partial charge in [-0.1, -0.05) is 12.1 Å². The molecule has 2 aromatic carbocycles. The number of benzene rings is 2. The van der Waals surface area contributed by atoms with Crippen LogP contribution in [0.3, 0.4) is 0 Å². The zero-order valence-electron chi connectivity index (χ0n) is 9.51. The Hall–Kier alpha value is -2.80. The van der Waals surface area contributed by atoms with Crippen molar-refractivity contribution in [3.05, 3.63) is 48.0 Å². The largest absolute Gasteiger partial charge is 0.399 e. The first-order valence-corrected chi connectivity index (χ1v) is 5.52. The molecule has 0 spiro atoms. The van der Waals surface area contributed by atoms with Crippen molar-refractivity contribution in [1.82, 2.24) is 9.97 Å². The van der Waals surface area contributed by atoms with Crippen LogP contribution in [-0.2, 0) is 0 Å². The number of aromatic nitrogens is 2. The van der Waals surface area contributed by atoms with Crippen LogP contribution in [0.4, 0.5) is 5.69 Å². The molecule has 3 rings (SSSR count). The van der Waals surface area contributed by atoms with Gasteiger partial charge in [0.25, 0.3) is 0 Å². The highest BCUT2D eigenvalue weighted by atomic mass is 14.9. The Balaban J connectivity index is 2.17. The number of nitriles is 1. The van der Waals surface area contributed by atoms with Gasteiger partial charge in [-0.2, -0.15) is 5.26 Å². The first-order valence-electron chi connectivity index (χ1n) is 5.52. The van der Waals surface area contributed by atoms with Gasteiger partial charge in [0, 0.05) is 11.3 Å². The Morgan fingerprint density at radius 2 is 2.06 bits per heavy atom. The molecule has 0 radical (unpaired) electrons. The molecule has 1 heterocycles. The number of imidazole rings is 1. The zero-order valence-corrected chi connectivity index (χ0v) is 9.51. The van der Waals surface area contributed by atoms with Crippen LogP contribution in [0.1, 0.15) is 5.56 Å². The summed E-state index contributed by atoms with van der Waals surface area (Å²) in [4.78, 5) is 7.67. The summed E-state index contributed by atoms with van der Waals surface area (Å²) in [5.74, 6) is 0.757. The van der Waals surface area contributed by atoms with E-state index in [0.717, 1.165) is 22.4 Å². The van der Waals surface area contributed by atoms with Crippen molar-refractivity contribution in [2.75, 3.05) is 5.73 Å². The number of nitrogens with two attached hydrogens (primary N) is 1. The van der Waals surface area contributed by atoms with E-state index >= 15 is 0 Å². The van der Waals surface area contributed by atoms with E-state index in [1.165, 1.54) is 0 Å². The van der Waals surface area contributed by atoms with Gasteiger partial charge < -0.3 is 10.7 Å². The first kappa shape index (κ1) is 10.4. The zero-order chi connectivity index (χ0) is 12.5. The monoisotopic (exact) mass is 234 g/mol. The molecule has 18 heavy (non-hydrogen) atoms. The number of H-pyrrole nitrogens is 1. The smallest absolute Gasteiger partial charge is 0.138 e. The lowest BCUT2D eigenvalue weighted by Gasteiger charge is -1.97. The van der Waals surface area contributed by atoms with Crippen LogP contribution in [-0.4, -0.2) is 9.97 Å². The Morgan fingerprint density at radius 1 is 1.17 bits per heavy atom. The molecular formula is C14H10N4. The van der Waals surface area contributed by atoms with Crippen LogP contribution < -0.4 is 5.73 Å². The first-order chi connectivity index (χ1) is 8.76. The van der Waals surface area contributed by atoms with E-state index in [2.05, 4.69) is 16.0 Å². The Bertz CT molecular complexity index is 765. The molecule has 0 atom stereocenters. The molecule has 0 aliphatic carbocycles. The Labute approximate surface area is 104 Å². The van der Waals surface area contributed by atoms with Crippen LogP contribution in [0.15, 0.2) is 42.5 Å². The number of anilines is 1. The third-order valence-corrected chi connectivity index (χ3v) is 2.77. The fourth-order valence-electron chi connectivity index (χ4n) is 1.90. The second kappa shape index (κ2) is 3.90. The lowest BCUT2D eigenvalue weighted by atomic mass is 10.2. The molecule has 0 saturated heterocycles. The van der Waals surface area contributed by atoms with Gasteiger partial charge in [0.1, 0.15) is 5.82 Å². The predicted octanol–water partition coefficient (Wildman–Crippen LogP) is 2.68. The molecule has 4 heteroatoms. The number of nitrogen functional groups attached to an aromatic ring is 1. The van der Waals surface area contributed by atoms with Gasteiger partial charge in [-0.25, -0.2) is 4.98 Å². The second-order valence-electron chi connectivity index (χ2n) is 4.05. The van der Waals surface area contributed by atoms with Gasteiger partial charge >= 0.3 is 0 Å². The van der Waals surface area contributed by atoms with E-state index in [9.17, 15) is 0 Å². The molecule has 0 aliphatic heterocycles. The molecule has 0 unspecified atom stereocenters. The minimum atomic E-state index is 0.616. The summed E-state index contributed by atoms with van der Waals surface area (Å²) < 4.78 is 0. The highest BCUT2D eigenvalue weighted by Crippen LogP contribution is 2.22. The molecular weight excluding hydrogens is 224 g/mol. The van der Waals surface area contributed by atoms with Crippen LogP contribution >= 0.6 is 0 Å². The maximum Gasteiger partial charge on any atom is 0.138 e. The topological polar surface area (TPSA) is 78.5 Å². The van der Waals surface area contributed by atoms with E-state index in [-0.39, 0.29) is 0 Å². The van der Waals surface area contributed by atoms with Crippen molar-refractivity contribution in [3.8, 4) is 17.5 Å². The quantitative estimate of drug-likeness (QED) is 0.635. The van der Waals surface area contributed by atoms with Crippen molar-refractivity contribution in [3.63, 3.8) is 0 Å². The molecule has 1 aromatic heterocycles. The van der Waals surface area contributed by atoms with Gasteiger partial charge in [-0.15, -0.1) is 0 Å². The lowest BCUT2D eigenvalue weighted by molar-refractivity contribution is 1.34. The van der Waals surface area contributed by atoms with Crippen LogP contribution in [0.25, 0.3) is 22.4 Å². The normalized spacial score (nSPS) is 10.4. The number of aromatic amines is 1. The number of nitrogens with one attached hydrogen (secondary N) is 1. The summed E-state index contributed by atoms with van der Waals surface area (Å²) >= 11 is 0. The Kier molecular flexibility index (Phi) is 2.24. The SMILES string of the molecule is N#Cc1ccc2nc(-c3cccc(N)c3)[nH]c2c1. The average Bonchev–Trinajstić information content (AvgIpc) is 2.81. The molecule has 3 aromatic rings. The standard InChI is InChI=1S/C14H10N4/c15-8-9-4-5-12-13(6-9)18-14(17-12)10-2-1-3-11(16)7-10/h1-7H,16H2,(H,17,18). The summed E-state index contributed by atoms with van der Waals surface area (Å²) in [7, 11) is 0. The molecule has 0 bridgehead atoms. The van der Waals surface area contributed by atoms with Gasteiger partial charge in [0.2, 0.25) is 0 Å². The summed E-state index contributed by atoms with van der Waals surface area (Å²) in [6.07, 6.45) is 0. The summed E-state index contributed by atoms with van der Waals surface area (Å²) in [5.41, 5.74) is 9.69. The predicted molar refractivity (Wildman–Crippen MR) is 70.7 cm³/mol. The summed E-state index contributed by atoms with van der Waals surface area (Å²) in [6.45, 7) is 0. The summed E-state index contributed by atoms with van der Waals surface area (Å²) in [5, 5.41) is 8.86. The van der Waals surface area contributed by atoms with E-state index in [0.29, 0.717) is 11.3 Å². The minimum absolute atomic E-state index is 0.616. The number of hydrogen-bond donors (Lipinski definition) is 2. The Morgan fingerprint density at radius 3 is 2.83 bits per heavy atom. The highest BCUT2D eigenvalue weighted by Gasteiger charge is 2.05.